The van der Waals surface area contributed by atoms with Crippen LogP contribution in [0.3, 0.4) is 0 Å². The summed E-state index contributed by atoms with van der Waals surface area (Å²) in [5, 5.41) is 6.51. The zero-order valence-corrected chi connectivity index (χ0v) is 13.5. The molecule has 2 unspecified atom stereocenters. The Balaban J connectivity index is 1.37. The Morgan fingerprint density at radius 1 is 1.35 bits per heavy atom. The molecule has 2 atom stereocenters. The molecule has 0 radical (unpaired) electrons. The Morgan fingerprint density at radius 2 is 2.26 bits per heavy atom. The highest BCUT2D eigenvalue weighted by atomic mass is 32.1. The summed E-state index contributed by atoms with van der Waals surface area (Å²) in [7, 11) is 0. The van der Waals surface area contributed by atoms with Gasteiger partial charge in [0.2, 0.25) is 0 Å². The molecule has 122 valence electrons. The van der Waals surface area contributed by atoms with E-state index in [4.69, 9.17) is 9.47 Å². The van der Waals surface area contributed by atoms with Gasteiger partial charge in [-0.05, 0) is 25.0 Å². The molecule has 0 saturated carbocycles. The topological polar surface area (TPSA) is 72.5 Å². The molecule has 1 aromatic heterocycles. The molecular formula is C16H19N3O3S. The highest BCUT2D eigenvalue weighted by Gasteiger charge is 2.41. The molecule has 2 saturated heterocycles. The third kappa shape index (κ3) is 3.17. The highest BCUT2D eigenvalue weighted by molar-refractivity contribution is 7.22. The summed E-state index contributed by atoms with van der Waals surface area (Å²) < 4.78 is 12.4. The van der Waals surface area contributed by atoms with E-state index in [9.17, 15) is 4.79 Å². The van der Waals surface area contributed by atoms with Gasteiger partial charge in [0.25, 0.3) is 0 Å². The van der Waals surface area contributed by atoms with Gasteiger partial charge >= 0.3 is 6.03 Å². The second-order valence-corrected chi connectivity index (χ2v) is 7.14. The van der Waals surface area contributed by atoms with E-state index >= 15 is 0 Å². The summed E-state index contributed by atoms with van der Waals surface area (Å²) in [6.45, 7) is 2.03. The molecular weight excluding hydrogens is 314 g/mol. The molecule has 1 aromatic carbocycles. The van der Waals surface area contributed by atoms with Gasteiger partial charge in [-0.15, -0.1) is 0 Å². The van der Waals surface area contributed by atoms with E-state index in [1.807, 2.05) is 24.3 Å². The lowest BCUT2D eigenvalue weighted by Gasteiger charge is -2.37. The molecule has 2 amide bonds. The van der Waals surface area contributed by atoms with Crippen molar-refractivity contribution in [3.63, 3.8) is 0 Å². The van der Waals surface area contributed by atoms with Crippen LogP contribution < -0.4 is 10.6 Å². The number of para-hydroxylation sites is 1. The van der Waals surface area contributed by atoms with Crippen LogP contribution >= 0.6 is 11.3 Å². The lowest BCUT2D eigenvalue weighted by molar-refractivity contribution is -0.0877. The maximum absolute atomic E-state index is 12.2. The first-order valence-electron chi connectivity index (χ1n) is 7.87. The Labute approximate surface area is 138 Å². The lowest BCUT2D eigenvalue weighted by Crippen LogP contribution is -2.49. The zero-order chi connectivity index (χ0) is 15.7. The molecule has 6 nitrogen and oxygen atoms in total. The minimum absolute atomic E-state index is 0.111. The van der Waals surface area contributed by atoms with Crippen LogP contribution in [0, 0.1) is 0 Å². The molecule has 2 N–H and O–H groups in total. The Bertz CT molecular complexity index is 678. The van der Waals surface area contributed by atoms with Gasteiger partial charge in [-0.2, -0.15) is 0 Å². The van der Waals surface area contributed by atoms with E-state index < -0.39 is 0 Å². The van der Waals surface area contributed by atoms with E-state index in [1.54, 1.807) is 0 Å². The number of thiazole rings is 1. The summed E-state index contributed by atoms with van der Waals surface area (Å²) in [6.07, 6.45) is 2.54. The van der Waals surface area contributed by atoms with Gasteiger partial charge in [0, 0.05) is 25.7 Å². The van der Waals surface area contributed by atoms with Gasteiger partial charge in [-0.1, -0.05) is 23.5 Å². The largest absolute Gasteiger partial charge is 0.378 e. The van der Waals surface area contributed by atoms with E-state index in [0.29, 0.717) is 18.3 Å². The zero-order valence-electron chi connectivity index (χ0n) is 12.7. The van der Waals surface area contributed by atoms with Gasteiger partial charge in [0.1, 0.15) is 0 Å². The second kappa shape index (κ2) is 6.07. The van der Waals surface area contributed by atoms with Crippen molar-refractivity contribution >= 4 is 32.7 Å². The molecule has 2 aromatic rings. The van der Waals surface area contributed by atoms with Crippen molar-refractivity contribution in [2.75, 3.05) is 25.1 Å². The number of rotatable bonds is 2. The van der Waals surface area contributed by atoms with Crippen LogP contribution in [-0.4, -0.2) is 42.5 Å². The van der Waals surface area contributed by atoms with Crippen LogP contribution in [0.25, 0.3) is 10.2 Å². The number of hydrogen-bond donors (Lipinski definition) is 2. The van der Waals surface area contributed by atoms with Gasteiger partial charge in [-0.3, -0.25) is 5.32 Å². The first-order chi connectivity index (χ1) is 11.2. The Hall–Kier alpha value is -1.70. The highest BCUT2D eigenvalue weighted by Crippen LogP contribution is 2.33. The number of carbonyl (C=O) groups is 1. The second-order valence-electron chi connectivity index (χ2n) is 6.11. The number of aromatic nitrogens is 1. The van der Waals surface area contributed by atoms with Gasteiger partial charge in [-0.25, -0.2) is 9.78 Å². The summed E-state index contributed by atoms with van der Waals surface area (Å²) in [6, 6.07) is 7.76. The number of fused-ring (bicyclic) bond motifs is 1. The summed E-state index contributed by atoms with van der Waals surface area (Å²) in [5.74, 6) is 0. The van der Waals surface area contributed by atoms with Crippen molar-refractivity contribution in [2.45, 2.75) is 30.9 Å². The predicted molar refractivity (Wildman–Crippen MR) is 88.9 cm³/mol. The van der Waals surface area contributed by atoms with Crippen molar-refractivity contribution in [1.82, 2.24) is 10.3 Å². The summed E-state index contributed by atoms with van der Waals surface area (Å²) >= 11 is 1.48. The van der Waals surface area contributed by atoms with Gasteiger partial charge in [0.05, 0.1) is 22.4 Å². The number of urea groups is 1. The Kier molecular flexibility index (Phi) is 3.92. The minimum Gasteiger partial charge on any atom is -0.378 e. The number of benzene rings is 1. The normalized spacial score (nSPS) is 27.4. The average molecular weight is 333 g/mol. The van der Waals surface area contributed by atoms with Crippen LogP contribution in [0.1, 0.15) is 19.3 Å². The number of nitrogens with zero attached hydrogens (tertiary/aromatic N) is 1. The number of amides is 2. The summed E-state index contributed by atoms with van der Waals surface area (Å²) in [5.41, 5.74) is 0.701. The molecule has 0 aliphatic carbocycles. The molecule has 4 rings (SSSR count). The molecule has 0 bridgehead atoms. The SMILES string of the molecule is O=C(Nc1nc2ccccc2s1)NC1CCOC2(CCOC2)C1. The number of ether oxygens (including phenoxy) is 2. The number of hydrogen-bond acceptors (Lipinski definition) is 5. The average Bonchev–Trinajstić information content (AvgIpc) is 3.13. The molecule has 1 spiro atoms. The van der Waals surface area contributed by atoms with Crippen molar-refractivity contribution in [3.05, 3.63) is 24.3 Å². The van der Waals surface area contributed by atoms with Crippen molar-refractivity contribution < 1.29 is 14.3 Å². The Morgan fingerprint density at radius 3 is 3.09 bits per heavy atom. The quantitative estimate of drug-likeness (QED) is 0.886. The molecule has 7 heteroatoms. The number of carbonyl (C=O) groups excluding carboxylic acids is 1. The third-order valence-electron chi connectivity index (χ3n) is 4.41. The molecule has 2 aliphatic heterocycles. The molecule has 23 heavy (non-hydrogen) atoms. The maximum atomic E-state index is 12.2. The standard InChI is InChI=1S/C16H19N3O3S/c20-14(19-15-18-12-3-1-2-4-13(12)23-15)17-11-5-7-22-16(9-11)6-8-21-10-16/h1-4,11H,5-10H2,(H2,17,18,19,20). The molecule has 2 aliphatic rings. The van der Waals surface area contributed by atoms with Crippen LogP contribution in [-0.2, 0) is 9.47 Å². The van der Waals surface area contributed by atoms with Gasteiger partial charge < -0.3 is 14.8 Å². The first-order valence-corrected chi connectivity index (χ1v) is 8.69. The van der Waals surface area contributed by atoms with Crippen LogP contribution in [0.2, 0.25) is 0 Å². The van der Waals surface area contributed by atoms with Crippen molar-refractivity contribution in [1.29, 1.82) is 0 Å². The van der Waals surface area contributed by atoms with E-state index in [0.717, 1.165) is 36.1 Å². The van der Waals surface area contributed by atoms with Crippen molar-refractivity contribution in [2.24, 2.45) is 0 Å². The van der Waals surface area contributed by atoms with Crippen molar-refractivity contribution in [3.8, 4) is 0 Å². The van der Waals surface area contributed by atoms with E-state index in [1.165, 1.54) is 11.3 Å². The molecule has 2 fully saturated rings. The number of nitrogens with one attached hydrogen (secondary N) is 2. The maximum Gasteiger partial charge on any atom is 0.321 e. The van der Waals surface area contributed by atoms with Crippen LogP contribution in [0.15, 0.2) is 24.3 Å². The van der Waals surface area contributed by atoms with Gasteiger partial charge in [0.15, 0.2) is 5.13 Å². The van der Waals surface area contributed by atoms with E-state index in [-0.39, 0.29) is 17.7 Å². The third-order valence-corrected chi connectivity index (χ3v) is 5.36. The van der Waals surface area contributed by atoms with Crippen LogP contribution in [0.4, 0.5) is 9.93 Å². The van der Waals surface area contributed by atoms with Crippen LogP contribution in [0.5, 0.6) is 0 Å². The predicted octanol–water partition coefficient (Wildman–Crippen LogP) is 2.76. The fourth-order valence-corrected chi connectivity index (χ4v) is 4.12. The lowest BCUT2D eigenvalue weighted by atomic mass is 9.90. The fraction of sp³-hybridized carbons (Fsp3) is 0.500. The number of anilines is 1. The molecule has 3 heterocycles. The smallest absolute Gasteiger partial charge is 0.321 e. The monoisotopic (exact) mass is 333 g/mol. The van der Waals surface area contributed by atoms with E-state index in [2.05, 4.69) is 15.6 Å². The fourth-order valence-electron chi connectivity index (χ4n) is 3.26. The summed E-state index contributed by atoms with van der Waals surface area (Å²) in [4.78, 5) is 16.7. The minimum atomic E-state index is -0.204. The first kappa shape index (κ1) is 14.9.